The number of halogens is 3. The van der Waals surface area contributed by atoms with Gasteiger partial charge in [-0.1, -0.05) is 54.4 Å². The van der Waals surface area contributed by atoms with Gasteiger partial charge in [0.15, 0.2) is 0 Å². The van der Waals surface area contributed by atoms with Crippen molar-refractivity contribution in [2.45, 2.75) is 25.8 Å². The fourth-order valence-corrected chi connectivity index (χ4v) is 2.67. The van der Waals surface area contributed by atoms with Gasteiger partial charge < -0.3 is 5.32 Å². The van der Waals surface area contributed by atoms with Crippen molar-refractivity contribution in [1.82, 2.24) is 5.32 Å². The average molecular weight is 326 g/mol. The fraction of sp³-hybridized carbons (Fsp3) is 0.294. The van der Waals surface area contributed by atoms with Gasteiger partial charge in [0.25, 0.3) is 0 Å². The van der Waals surface area contributed by atoms with Gasteiger partial charge in [0.05, 0.1) is 10.0 Å². The van der Waals surface area contributed by atoms with Gasteiger partial charge in [0.1, 0.15) is 5.82 Å². The summed E-state index contributed by atoms with van der Waals surface area (Å²) in [7, 11) is 0. The molecule has 21 heavy (non-hydrogen) atoms. The van der Waals surface area contributed by atoms with Gasteiger partial charge in [-0.2, -0.15) is 0 Å². The highest BCUT2D eigenvalue weighted by Gasteiger charge is 2.15. The van der Waals surface area contributed by atoms with Crippen molar-refractivity contribution in [3.05, 3.63) is 69.5 Å². The summed E-state index contributed by atoms with van der Waals surface area (Å²) in [6.45, 7) is 2.96. The van der Waals surface area contributed by atoms with E-state index < -0.39 is 0 Å². The maximum absolute atomic E-state index is 13.5. The van der Waals surface area contributed by atoms with Crippen LogP contribution in [0.2, 0.25) is 10.0 Å². The standard InChI is InChI=1S/C17H18Cl2FN/c1-2-9-21-16(12-5-3-7-14(20)10-12)11-13-6-4-8-15(18)17(13)19/h3-8,10,16,21H,2,9,11H2,1H3. The van der Waals surface area contributed by atoms with Gasteiger partial charge in [-0.25, -0.2) is 4.39 Å². The molecule has 1 unspecified atom stereocenters. The molecule has 0 radical (unpaired) electrons. The summed E-state index contributed by atoms with van der Waals surface area (Å²) in [6.07, 6.45) is 1.68. The third kappa shape index (κ3) is 4.44. The second-order valence-corrected chi connectivity index (χ2v) is 5.76. The minimum atomic E-state index is -0.229. The maximum Gasteiger partial charge on any atom is 0.123 e. The molecule has 1 nitrogen and oxygen atoms in total. The third-order valence-electron chi connectivity index (χ3n) is 3.35. The lowest BCUT2D eigenvalue weighted by molar-refractivity contribution is 0.524. The summed E-state index contributed by atoms with van der Waals surface area (Å²) in [5.74, 6) is -0.229. The van der Waals surface area contributed by atoms with Gasteiger partial charge in [-0.15, -0.1) is 0 Å². The minimum absolute atomic E-state index is 0.0108. The van der Waals surface area contributed by atoms with Crippen molar-refractivity contribution in [3.8, 4) is 0 Å². The SMILES string of the molecule is CCCNC(Cc1cccc(Cl)c1Cl)c1cccc(F)c1. The summed E-state index contributed by atoms with van der Waals surface area (Å²) in [4.78, 5) is 0. The first-order valence-corrected chi connectivity index (χ1v) is 7.79. The van der Waals surface area contributed by atoms with E-state index >= 15 is 0 Å². The van der Waals surface area contributed by atoms with Crippen LogP contribution in [0.25, 0.3) is 0 Å². The summed E-state index contributed by atoms with van der Waals surface area (Å²) in [5, 5.41) is 4.55. The molecule has 2 aromatic carbocycles. The lowest BCUT2D eigenvalue weighted by Crippen LogP contribution is -2.24. The van der Waals surface area contributed by atoms with Crippen molar-refractivity contribution in [2.24, 2.45) is 0 Å². The quantitative estimate of drug-likeness (QED) is 0.748. The summed E-state index contributed by atoms with van der Waals surface area (Å²) in [5.41, 5.74) is 1.88. The van der Waals surface area contributed by atoms with E-state index in [1.807, 2.05) is 18.2 Å². The second-order valence-electron chi connectivity index (χ2n) is 4.98. The topological polar surface area (TPSA) is 12.0 Å². The number of hydrogen-bond donors (Lipinski definition) is 1. The van der Waals surface area contributed by atoms with Gasteiger partial charge >= 0.3 is 0 Å². The van der Waals surface area contributed by atoms with E-state index in [1.54, 1.807) is 18.2 Å². The Morgan fingerprint density at radius 1 is 1.14 bits per heavy atom. The van der Waals surface area contributed by atoms with Crippen LogP contribution in [0.4, 0.5) is 4.39 Å². The lowest BCUT2D eigenvalue weighted by atomic mass is 9.98. The van der Waals surface area contributed by atoms with Crippen molar-refractivity contribution in [3.63, 3.8) is 0 Å². The predicted octanol–water partition coefficient (Wildman–Crippen LogP) is 5.42. The van der Waals surface area contributed by atoms with Crippen molar-refractivity contribution < 1.29 is 4.39 Å². The molecule has 0 aliphatic rings. The first kappa shape index (κ1) is 16.3. The zero-order valence-electron chi connectivity index (χ0n) is 11.9. The van der Waals surface area contributed by atoms with Gasteiger partial charge in [0, 0.05) is 6.04 Å². The molecule has 1 N–H and O–H groups in total. The number of nitrogens with one attached hydrogen (secondary N) is 1. The van der Waals surface area contributed by atoms with Crippen molar-refractivity contribution >= 4 is 23.2 Å². The van der Waals surface area contributed by atoms with Crippen LogP contribution in [0.15, 0.2) is 42.5 Å². The molecule has 0 bridgehead atoms. The average Bonchev–Trinajstić information content (AvgIpc) is 2.47. The second kappa shape index (κ2) is 7.79. The predicted molar refractivity (Wildman–Crippen MR) is 87.6 cm³/mol. The largest absolute Gasteiger partial charge is 0.310 e. The van der Waals surface area contributed by atoms with Gasteiger partial charge in [-0.3, -0.25) is 0 Å². The normalized spacial score (nSPS) is 12.4. The third-order valence-corrected chi connectivity index (χ3v) is 4.21. The lowest BCUT2D eigenvalue weighted by Gasteiger charge is -2.20. The molecule has 0 aliphatic carbocycles. The molecular weight excluding hydrogens is 308 g/mol. The minimum Gasteiger partial charge on any atom is -0.310 e. The van der Waals surface area contributed by atoms with Crippen LogP contribution < -0.4 is 5.32 Å². The Morgan fingerprint density at radius 3 is 2.62 bits per heavy atom. The Bertz CT molecular complexity index is 601. The fourth-order valence-electron chi connectivity index (χ4n) is 2.28. The van der Waals surface area contributed by atoms with E-state index in [2.05, 4.69) is 12.2 Å². The molecule has 0 heterocycles. The molecule has 0 saturated heterocycles. The Kier molecular flexibility index (Phi) is 6.04. The number of hydrogen-bond acceptors (Lipinski definition) is 1. The monoisotopic (exact) mass is 325 g/mol. The van der Waals surface area contributed by atoms with Crippen LogP contribution in [0, 0.1) is 5.82 Å². The first-order valence-electron chi connectivity index (χ1n) is 7.03. The van der Waals surface area contributed by atoms with Crippen LogP contribution in [0.1, 0.15) is 30.5 Å². The highest BCUT2D eigenvalue weighted by Crippen LogP contribution is 2.29. The zero-order chi connectivity index (χ0) is 15.2. The Balaban J connectivity index is 2.26. The van der Waals surface area contributed by atoms with E-state index in [-0.39, 0.29) is 11.9 Å². The summed E-state index contributed by atoms with van der Waals surface area (Å²) in [6, 6.07) is 12.3. The van der Waals surface area contributed by atoms with Crippen LogP contribution in [-0.4, -0.2) is 6.54 Å². The molecule has 0 aromatic heterocycles. The van der Waals surface area contributed by atoms with Crippen molar-refractivity contribution in [2.75, 3.05) is 6.54 Å². The van der Waals surface area contributed by atoms with Crippen LogP contribution in [0.3, 0.4) is 0 Å². The molecule has 2 aromatic rings. The Morgan fingerprint density at radius 2 is 1.90 bits per heavy atom. The highest BCUT2D eigenvalue weighted by molar-refractivity contribution is 6.42. The van der Waals surface area contributed by atoms with Crippen LogP contribution >= 0.6 is 23.2 Å². The summed E-state index contributed by atoms with van der Waals surface area (Å²) < 4.78 is 13.5. The summed E-state index contributed by atoms with van der Waals surface area (Å²) >= 11 is 12.3. The van der Waals surface area contributed by atoms with Crippen LogP contribution in [0.5, 0.6) is 0 Å². The number of benzene rings is 2. The van der Waals surface area contributed by atoms with E-state index in [9.17, 15) is 4.39 Å². The first-order chi connectivity index (χ1) is 10.1. The smallest absolute Gasteiger partial charge is 0.123 e. The van der Waals surface area contributed by atoms with E-state index in [4.69, 9.17) is 23.2 Å². The zero-order valence-corrected chi connectivity index (χ0v) is 13.4. The Labute approximate surface area is 135 Å². The molecule has 0 spiro atoms. The Hall–Kier alpha value is -1.09. The molecule has 1 atom stereocenters. The van der Waals surface area contributed by atoms with Gasteiger partial charge in [0.2, 0.25) is 0 Å². The molecule has 112 valence electrons. The molecular formula is C17H18Cl2FN. The molecule has 4 heteroatoms. The van der Waals surface area contributed by atoms with Gasteiger partial charge in [-0.05, 0) is 48.7 Å². The van der Waals surface area contributed by atoms with Crippen LogP contribution in [-0.2, 0) is 6.42 Å². The molecule has 0 fully saturated rings. The molecule has 0 amide bonds. The van der Waals surface area contributed by atoms with E-state index in [1.165, 1.54) is 6.07 Å². The molecule has 0 aliphatic heterocycles. The highest BCUT2D eigenvalue weighted by atomic mass is 35.5. The van der Waals surface area contributed by atoms with E-state index in [0.717, 1.165) is 24.1 Å². The van der Waals surface area contributed by atoms with Crippen molar-refractivity contribution in [1.29, 1.82) is 0 Å². The van der Waals surface area contributed by atoms with E-state index in [0.29, 0.717) is 16.5 Å². The molecule has 0 saturated carbocycles. The maximum atomic E-state index is 13.5. The number of rotatable bonds is 6. The molecule has 2 rings (SSSR count).